The molecule has 1 atom stereocenters. The average molecular weight is 343 g/mol. The Bertz CT molecular complexity index is 618. The Morgan fingerprint density at radius 3 is 2.62 bits per heavy atom. The van der Waals surface area contributed by atoms with Gasteiger partial charge in [-0.3, -0.25) is 9.89 Å². The molecular weight excluding hydrogens is 316 g/mol. The maximum absolute atomic E-state index is 4.36. The fourth-order valence-electron chi connectivity index (χ4n) is 3.18. The lowest BCUT2D eigenvalue weighted by atomic mass is 10.1. The maximum atomic E-state index is 4.36. The molecule has 0 aliphatic carbocycles. The zero-order chi connectivity index (χ0) is 16.6. The molecule has 1 aliphatic heterocycles. The topological polar surface area (TPSA) is 39.7 Å². The van der Waals surface area contributed by atoms with Crippen LogP contribution in [0.25, 0.3) is 0 Å². The van der Waals surface area contributed by atoms with Crippen molar-refractivity contribution in [2.24, 2.45) is 4.99 Å². The first-order valence-corrected chi connectivity index (χ1v) is 9.55. The summed E-state index contributed by atoms with van der Waals surface area (Å²) < 4.78 is 0. The maximum Gasteiger partial charge on any atom is 0.191 e. The highest BCUT2D eigenvalue weighted by atomic mass is 32.1. The quantitative estimate of drug-likeness (QED) is 0.625. The van der Waals surface area contributed by atoms with E-state index in [2.05, 4.69) is 67.7 Å². The van der Waals surface area contributed by atoms with E-state index in [0.29, 0.717) is 6.04 Å². The summed E-state index contributed by atoms with van der Waals surface area (Å²) in [7, 11) is 1.83. The minimum absolute atomic E-state index is 0.397. The SMILES string of the molecule is CN=C(NCc1ccsc1)NCC(c1ccccc1)N1CCCC1. The smallest absolute Gasteiger partial charge is 0.191 e. The van der Waals surface area contributed by atoms with Crippen molar-refractivity contribution in [3.05, 3.63) is 58.3 Å². The van der Waals surface area contributed by atoms with Crippen molar-refractivity contribution < 1.29 is 0 Å². The number of nitrogens with zero attached hydrogens (tertiary/aromatic N) is 2. The van der Waals surface area contributed by atoms with Crippen LogP contribution in [0, 0.1) is 0 Å². The number of benzene rings is 1. The van der Waals surface area contributed by atoms with Gasteiger partial charge in [-0.05, 0) is 53.9 Å². The van der Waals surface area contributed by atoms with Gasteiger partial charge in [0.2, 0.25) is 0 Å². The molecule has 0 spiro atoms. The van der Waals surface area contributed by atoms with Crippen molar-refractivity contribution in [3.8, 4) is 0 Å². The van der Waals surface area contributed by atoms with Crippen LogP contribution in [0.3, 0.4) is 0 Å². The summed E-state index contributed by atoms with van der Waals surface area (Å²) in [5, 5.41) is 11.2. The predicted molar refractivity (Wildman–Crippen MR) is 103 cm³/mol. The van der Waals surface area contributed by atoms with Crippen molar-refractivity contribution >= 4 is 17.3 Å². The van der Waals surface area contributed by atoms with Crippen molar-refractivity contribution in [3.63, 3.8) is 0 Å². The predicted octanol–water partition coefficient (Wildman–Crippen LogP) is 3.25. The van der Waals surface area contributed by atoms with Gasteiger partial charge in [0.05, 0.1) is 6.04 Å². The third kappa shape index (κ3) is 4.58. The van der Waals surface area contributed by atoms with Crippen LogP contribution in [-0.4, -0.2) is 37.5 Å². The summed E-state index contributed by atoms with van der Waals surface area (Å²) >= 11 is 1.72. The highest BCUT2D eigenvalue weighted by molar-refractivity contribution is 7.07. The van der Waals surface area contributed by atoms with E-state index in [9.17, 15) is 0 Å². The number of nitrogens with one attached hydrogen (secondary N) is 2. The third-order valence-electron chi connectivity index (χ3n) is 4.49. The Morgan fingerprint density at radius 1 is 1.17 bits per heavy atom. The van der Waals surface area contributed by atoms with Gasteiger partial charge < -0.3 is 10.6 Å². The fourth-order valence-corrected chi connectivity index (χ4v) is 3.85. The highest BCUT2D eigenvalue weighted by Gasteiger charge is 2.23. The van der Waals surface area contributed by atoms with Gasteiger partial charge in [0.15, 0.2) is 5.96 Å². The van der Waals surface area contributed by atoms with Gasteiger partial charge in [-0.15, -0.1) is 0 Å². The molecule has 1 aliphatic rings. The molecule has 2 heterocycles. The van der Waals surface area contributed by atoms with Crippen molar-refractivity contribution in [2.75, 3.05) is 26.7 Å². The number of guanidine groups is 1. The van der Waals surface area contributed by atoms with Gasteiger partial charge in [0.1, 0.15) is 0 Å². The fraction of sp³-hybridized carbons (Fsp3) is 0.421. The van der Waals surface area contributed by atoms with E-state index in [1.54, 1.807) is 11.3 Å². The van der Waals surface area contributed by atoms with Crippen LogP contribution in [0.15, 0.2) is 52.2 Å². The van der Waals surface area contributed by atoms with Crippen molar-refractivity contribution in [2.45, 2.75) is 25.4 Å². The highest BCUT2D eigenvalue weighted by Crippen LogP contribution is 2.24. The zero-order valence-corrected chi connectivity index (χ0v) is 15.1. The normalized spacial score (nSPS) is 17.0. The summed E-state index contributed by atoms with van der Waals surface area (Å²) in [6.07, 6.45) is 2.60. The van der Waals surface area contributed by atoms with E-state index in [4.69, 9.17) is 0 Å². The molecular formula is C19H26N4S. The van der Waals surface area contributed by atoms with Crippen LogP contribution in [0.5, 0.6) is 0 Å². The van der Waals surface area contributed by atoms with Gasteiger partial charge in [-0.1, -0.05) is 30.3 Å². The first kappa shape index (κ1) is 17.0. The standard InChI is InChI=1S/C19H26N4S/c1-20-19(21-13-16-9-12-24-15-16)22-14-18(23-10-5-6-11-23)17-7-3-2-4-8-17/h2-4,7-9,12,15,18H,5-6,10-11,13-14H2,1H3,(H2,20,21,22). The second kappa shape index (κ2) is 8.85. The largest absolute Gasteiger partial charge is 0.354 e. The molecule has 5 heteroatoms. The van der Waals surface area contributed by atoms with Gasteiger partial charge in [-0.25, -0.2) is 0 Å². The molecule has 128 valence electrons. The van der Waals surface area contributed by atoms with E-state index in [0.717, 1.165) is 19.0 Å². The molecule has 2 aromatic rings. The molecule has 0 amide bonds. The minimum atomic E-state index is 0.397. The van der Waals surface area contributed by atoms with Crippen LogP contribution in [0.1, 0.15) is 30.0 Å². The molecule has 0 bridgehead atoms. The van der Waals surface area contributed by atoms with Crippen LogP contribution in [-0.2, 0) is 6.54 Å². The number of hydrogen-bond acceptors (Lipinski definition) is 3. The molecule has 0 radical (unpaired) electrons. The number of hydrogen-bond donors (Lipinski definition) is 2. The summed E-state index contributed by atoms with van der Waals surface area (Å²) in [5.74, 6) is 0.862. The molecule has 1 aromatic heterocycles. The van der Waals surface area contributed by atoms with Crippen LogP contribution in [0.4, 0.5) is 0 Å². The van der Waals surface area contributed by atoms with Crippen molar-refractivity contribution in [1.82, 2.24) is 15.5 Å². The second-order valence-corrected chi connectivity index (χ2v) is 6.89. The molecule has 4 nitrogen and oxygen atoms in total. The Balaban J connectivity index is 1.59. The van der Waals surface area contributed by atoms with Crippen molar-refractivity contribution in [1.29, 1.82) is 0 Å². The monoisotopic (exact) mass is 342 g/mol. The van der Waals surface area contributed by atoms with Crippen LogP contribution >= 0.6 is 11.3 Å². The van der Waals surface area contributed by atoms with Gasteiger partial charge in [-0.2, -0.15) is 11.3 Å². The Morgan fingerprint density at radius 2 is 1.96 bits per heavy atom. The molecule has 0 saturated carbocycles. The molecule has 24 heavy (non-hydrogen) atoms. The van der Waals surface area contributed by atoms with E-state index in [1.165, 1.54) is 37.1 Å². The molecule has 2 N–H and O–H groups in total. The van der Waals surface area contributed by atoms with E-state index in [1.807, 2.05) is 7.05 Å². The summed E-state index contributed by atoms with van der Waals surface area (Å²) in [6.45, 7) is 4.04. The molecule has 1 aromatic carbocycles. The molecule has 1 unspecified atom stereocenters. The van der Waals surface area contributed by atoms with Crippen LogP contribution in [0.2, 0.25) is 0 Å². The number of thiophene rings is 1. The lowest BCUT2D eigenvalue weighted by molar-refractivity contribution is 0.245. The second-order valence-electron chi connectivity index (χ2n) is 6.11. The van der Waals surface area contributed by atoms with E-state index >= 15 is 0 Å². The van der Waals surface area contributed by atoms with Gasteiger partial charge in [0.25, 0.3) is 0 Å². The van der Waals surface area contributed by atoms with E-state index < -0.39 is 0 Å². The third-order valence-corrected chi connectivity index (χ3v) is 5.22. The molecule has 3 rings (SSSR count). The zero-order valence-electron chi connectivity index (χ0n) is 14.2. The Kier molecular flexibility index (Phi) is 6.26. The Hall–Kier alpha value is -1.85. The van der Waals surface area contributed by atoms with E-state index in [-0.39, 0.29) is 0 Å². The first-order chi connectivity index (χ1) is 11.9. The number of likely N-dealkylation sites (tertiary alicyclic amines) is 1. The molecule has 1 fully saturated rings. The minimum Gasteiger partial charge on any atom is -0.354 e. The summed E-state index contributed by atoms with van der Waals surface area (Å²) in [4.78, 5) is 6.94. The summed E-state index contributed by atoms with van der Waals surface area (Å²) in [5.41, 5.74) is 2.67. The summed E-state index contributed by atoms with van der Waals surface area (Å²) in [6, 6.07) is 13.3. The first-order valence-electron chi connectivity index (χ1n) is 8.61. The van der Waals surface area contributed by atoms with Gasteiger partial charge >= 0.3 is 0 Å². The number of aliphatic imine (C=N–C) groups is 1. The lowest BCUT2D eigenvalue weighted by Crippen LogP contribution is -2.42. The molecule has 1 saturated heterocycles. The van der Waals surface area contributed by atoms with Gasteiger partial charge in [0, 0.05) is 20.1 Å². The average Bonchev–Trinajstić information content (AvgIpc) is 3.32. The van der Waals surface area contributed by atoms with Crippen LogP contribution < -0.4 is 10.6 Å². The Labute approximate surface area is 148 Å². The number of rotatable bonds is 6. The lowest BCUT2D eigenvalue weighted by Gasteiger charge is -2.29.